The summed E-state index contributed by atoms with van der Waals surface area (Å²) in [5, 5.41) is 5.39. The Balaban J connectivity index is 1.72. The molecule has 0 spiro atoms. The molecule has 24 heavy (non-hydrogen) atoms. The van der Waals surface area contributed by atoms with Crippen LogP contribution in [-0.2, 0) is 20.7 Å². The van der Waals surface area contributed by atoms with Crippen LogP contribution in [0, 0.1) is 0 Å². The Kier molecular flexibility index (Phi) is 6.98. The molecule has 5 nitrogen and oxygen atoms in total. The van der Waals surface area contributed by atoms with Crippen molar-refractivity contribution in [1.29, 1.82) is 0 Å². The van der Waals surface area contributed by atoms with Crippen molar-refractivity contribution in [2.45, 2.75) is 12.5 Å². The first-order valence-corrected chi connectivity index (χ1v) is 7.84. The smallest absolute Gasteiger partial charge is 0.239 e. The van der Waals surface area contributed by atoms with Crippen molar-refractivity contribution in [3.05, 3.63) is 71.8 Å². The number of rotatable bonds is 8. The standard InChI is InChI=1S/C19H22N2O3/c1-24-17(16-10-6-3-7-11-16)13-20-19(23)14-21-18(22)12-15-8-4-2-5-9-15/h2-11,17H,12-14H2,1H3,(H,20,23)(H,21,22)/t17-/m0/s1. The molecule has 0 saturated heterocycles. The summed E-state index contributed by atoms with van der Waals surface area (Å²) in [6.07, 6.45) is 0.0499. The lowest BCUT2D eigenvalue weighted by molar-refractivity contribution is -0.126. The largest absolute Gasteiger partial charge is 0.375 e. The molecule has 2 amide bonds. The third-order valence-corrected chi connectivity index (χ3v) is 3.59. The molecule has 0 saturated carbocycles. The molecule has 0 aromatic heterocycles. The fourth-order valence-electron chi connectivity index (χ4n) is 2.30. The molecule has 2 aromatic rings. The van der Waals surface area contributed by atoms with Crippen molar-refractivity contribution in [2.75, 3.05) is 20.2 Å². The van der Waals surface area contributed by atoms with Gasteiger partial charge in [0.1, 0.15) is 0 Å². The summed E-state index contributed by atoms with van der Waals surface area (Å²) in [6.45, 7) is 0.310. The van der Waals surface area contributed by atoms with E-state index in [1.54, 1.807) is 7.11 Å². The Labute approximate surface area is 142 Å². The highest BCUT2D eigenvalue weighted by atomic mass is 16.5. The Morgan fingerprint density at radius 3 is 2.17 bits per heavy atom. The molecule has 0 bridgehead atoms. The summed E-state index contributed by atoms with van der Waals surface area (Å²) >= 11 is 0. The maximum Gasteiger partial charge on any atom is 0.239 e. The molecule has 2 aromatic carbocycles. The zero-order valence-electron chi connectivity index (χ0n) is 13.7. The van der Waals surface area contributed by atoms with E-state index in [9.17, 15) is 9.59 Å². The predicted molar refractivity (Wildman–Crippen MR) is 92.4 cm³/mol. The second kappa shape index (κ2) is 9.47. The highest BCUT2D eigenvalue weighted by molar-refractivity contribution is 5.85. The molecule has 126 valence electrons. The van der Waals surface area contributed by atoms with Gasteiger partial charge in [-0.1, -0.05) is 60.7 Å². The van der Waals surface area contributed by atoms with Crippen molar-refractivity contribution in [3.8, 4) is 0 Å². The summed E-state index contributed by atoms with van der Waals surface area (Å²) in [7, 11) is 1.60. The van der Waals surface area contributed by atoms with Crippen molar-refractivity contribution in [2.24, 2.45) is 0 Å². The minimum atomic E-state index is -0.241. The molecular formula is C19H22N2O3. The van der Waals surface area contributed by atoms with Gasteiger partial charge in [-0.2, -0.15) is 0 Å². The number of benzene rings is 2. The predicted octanol–water partition coefficient (Wildman–Crippen LogP) is 1.85. The molecule has 5 heteroatoms. The first kappa shape index (κ1) is 17.7. The third kappa shape index (κ3) is 5.85. The fourth-order valence-corrected chi connectivity index (χ4v) is 2.30. The van der Waals surface area contributed by atoms with Gasteiger partial charge in [0, 0.05) is 13.7 Å². The van der Waals surface area contributed by atoms with E-state index in [4.69, 9.17) is 4.74 Å². The summed E-state index contributed by atoms with van der Waals surface area (Å²) in [6, 6.07) is 19.1. The van der Waals surface area contributed by atoms with Crippen LogP contribution in [0.2, 0.25) is 0 Å². The SMILES string of the molecule is CO[C@@H](CNC(=O)CNC(=O)Cc1ccccc1)c1ccccc1. The first-order chi connectivity index (χ1) is 11.7. The van der Waals surface area contributed by atoms with Crippen LogP contribution in [0.15, 0.2) is 60.7 Å². The molecule has 1 atom stereocenters. The van der Waals surface area contributed by atoms with E-state index < -0.39 is 0 Å². The number of ether oxygens (including phenoxy) is 1. The van der Waals surface area contributed by atoms with Gasteiger partial charge < -0.3 is 15.4 Å². The van der Waals surface area contributed by atoms with Gasteiger partial charge >= 0.3 is 0 Å². The monoisotopic (exact) mass is 326 g/mol. The van der Waals surface area contributed by atoms with Gasteiger partial charge in [-0.15, -0.1) is 0 Å². The van der Waals surface area contributed by atoms with Gasteiger partial charge in [-0.25, -0.2) is 0 Å². The van der Waals surface area contributed by atoms with E-state index in [0.29, 0.717) is 6.54 Å². The van der Waals surface area contributed by atoms with Crippen molar-refractivity contribution < 1.29 is 14.3 Å². The minimum absolute atomic E-state index is 0.0448. The lowest BCUT2D eigenvalue weighted by Crippen LogP contribution is -2.39. The van der Waals surface area contributed by atoms with E-state index in [-0.39, 0.29) is 30.9 Å². The Bertz CT molecular complexity index is 644. The molecule has 0 unspecified atom stereocenters. The summed E-state index contributed by atoms with van der Waals surface area (Å²) in [5.41, 5.74) is 1.91. The topological polar surface area (TPSA) is 67.4 Å². The Morgan fingerprint density at radius 1 is 0.917 bits per heavy atom. The van der Waals surface area contributed by atoms with E-state index in [0.717, 1.165) is 11.1 Å². The van der Waals surface area contributed by atoms with Crippen LogP contribution >= 0.6 is 0 Å². The summed E-state index contributed by atoms with van der Waals surface area (Å²) in [5.74, 6) is -0.419. The van der Waals surface area contributed by atoms with E-state index in [1.165, 1.54) is 0 Å². The van der Waals surface area contributed by atoms with E-state index in [2.05, 4.69) is 10.6 Å². The van der Waals surface area contributed by atoms with Gasteiger partial charge in [0.15, 0.2) is 0 Å². The second-order valence-electron chi connectivity index (χ2n) is 5.38. The van der Waals surface area contributed by atoms with Crippen LogP contribution in [-0.4, -0.2) is 32.0 Å². The van der Waals surface area contributed by atoms with Crippen LogP contribution in [0.4, 0.5) is 0 Å². The zero-order chi connectivity index (χ0) is 17.2. The summed E-state index contributed by atoms with van der Waals surface area (Å²) < 4.78 is 5.39. The van der Waals surface area contributed by atoms with E-state index in [1.807, 2.05) is 60.7 Å². The van der Waals surface area contributed by atoms with Crippen LogP contribution in [0.3, 0.4) is 0 Å². The number of nitrogens with one attached hydrogen (secondary N) is 2. The van der Waals surface area contributed by atoms with Gasteiger partial charge in [0.05, 0.1) is 19.1 Å². The molecule has 0 aliphatic carbocycles. The fraction of sp³-hybridized carbons (Fsp3) is 0.263. The van der Waals surface area contributed by atoms with Crippen LogP contribution in [0.25, 0.3) is 0 Å². The molecule has 0 aliphatic rings. The number of methoxy groups -OCH3 is 1. The lowest BCUT2D eigenvalue weighted by Gasteiger charge is -2.16. The molecule has 0 fully saturated rings. The first-order valence-electron chi connectivity index (χ1n) is 7.84. The zero-order valence-corrected chi connectivity index (χ0v) is 13.7. The second-order valence-corrected chi connectivity index (χ2v) is 5.38. The van der Waals surface area contributed by atoms with Crippen LogP contribution < -0.4 is 10.6 Å². The molecule has 2 N–H and O–H groups in total. The van der Waals surface area contributed by atoms with Crippen molar-refractivity contribution >= 4 is 11.8 Å². The highest BCUT2D eigenvalue weighted by Gasteiger charge is 2.12. The van der Waals surface area contributed by atoms with Gasteiger partial charge in [-0.05, 0) is 11.1 Å². The number of hydrogen-bond donors (Lipinski definition) is 2. The van der Waals surface area contributed by atoms with Gasteiger partial charge in [0.25, 0.3) is 0 Å². The van der Waals surface area contributed by atoms with E-state index >= 15 is 0 Å². The molecule has 0 radical (unpaired) electrons. The van der Waals surface area contributed by atoms with Crippen molar-refractivity contribution in [1.82, 2.24) is 10.6 Å². The molecule has 2 rings (SSSR count). The van der Waals surface area contributed by atoms with Crippen LogP contribution in [0.5, 0.6) is 0 Å². The third-order valence-electron chi connectivity index (χ3n) is 3.59. The number of hydrogen-bond acceptors (Lipinski definition) is 3. The molecule has 0 aliphatic heterocycles. The number of amides is 2. The van der Waals surface area contributed by atoms with Crippen molar-refractivity contribution in [3.63, 3.8) is 0 Å². The summed E-state index contributed by atoms with van der Waals surface area (Å²) in [4.78, 5) is 23.7. The quantitative estimate of drug-likeness (QED) is 0.778. The number of carbonyl (C=O) groups excluding carboxylic acids is 2. The Morgan fingerprint density at radius 2 is 1.54 bits per heavy atom. The van der Waals surface area contributed by atoms with Crippen LogP contribution in [0.1, 0.15) is 17.2 Å². The highest BCUT2D eigenvalue weighted by Crippen LogP contribution is 2.14. The average Bonchev–Trinajstić information content (AvgIpc) is 2.62. The molecular weight excluding hydrogens is 304 g/mol. The maximum atomic E-state index is 11.9. The maximum absolute atomic E-state index is 11.9. The average molecular weight is 326 g/mol. The van der Waals surface area contributed by atoms with Gasteiger partial charge in [-0.3, -0.25) is 9.59 Å². The number of carbonyl (C=O) groups is 2. The van der Waals surface area contributed by atoms with Gasteiger partial charge in [0.2, 0.25) is 11.8 Å². The lowest BCUT2D eigenvalue weighted by atomic mass is 10.1. The Hall–Kier alpha value is -2.66. The normalized spacial score (nSPS) is 11.5. The molecule has 0 heterocycles. The minimum Gasteiger partial charge on any atom is -0.375 e.